The van der Waals surface area contributed by atoms with Crippen LogP contribution in [0.3, 0.4) is 0 Å². The molecule has 1 atom stereocenters. The molecule has 0 aromatic rings. The minimum Gasteiger partial charge on any atom is -0.316 e. The van der Waals surface area contributed by atoms with Crippen LogP contribution in [0.15, 0.2) is 0 Å². The molecular weight excluding hydrogens is 184 g/mol. The van der Waals surface area contributed by atoms with Crippen molar-refractivity contribution in [2.75, 3.05) is 26.2 Å². The Morgan fingerprint density at radius 2 is 2.00 bits per heavy atom. The Morgan fingerprint density at radius 1 is 1.27 bits per heavy atom. The second kappa shape index (κ2) is 7.24. The second-order valence-electron chi connectivity index (χ2n) is 4.96. The monoisotopic (exact) mass is 212 g/mol. The van der Waals surface area contributed by atoms with Gasteiger partial charge in [0.1, 0.15) is 0 Å². The summed E-state index contributed by atoms with van der Waals surface area (Å²) in [6, 6.07) is 0.768. The first kappa shape index (κ1) is 13.0. The number of hydrogen-bond acceptors (Lipinski definition) is 2. The normalized spacial score (nSPS) is 19.2. The highest BCUT2D eigenvalue weighted by atomic mass is 15.1. The topological polar surface area (TPSA) is 15.3 Å². The van der Waals surface area contributed by atoms with E-state index in [1.165, 1.54) is 51.9 Å². The van der Waals surface area contributed by atoms with Gasteiger partial charge in [-0.3, -0.25) is 0 Å². The predicted molar refractivity (Wildman–Crippen MR) is 67.2 cm³/mol. The largest absolute Gasteiger partial charge is 0.316 e. The van der Waals surface area contributed by atoms with E-state index in [0.717, 1.165) is 12.0 Å². The van der Waals surface area contributed by atoms with E-state index < -0.39 is 0 Å². The van der Waals surface area contributed by atoms with E-state index in [4.69, 9.17) is 0 Å². The highest BCUT2D eigenvalue weighted by Gasteiger charge is 2.19. The Hall–Kier alpha value is -0.0800. The average Bonchev–Trinajstić information content (AvgIpc) is 2.19. The summed E-state index contributed by atoms with van der Waals surface area (Å²) in [5.41, 5.74) is 0. The van der Waals surface area contributed by atoms with Crippen LogP contribution in [0.5, 0.6) is 0 Å². The molecule has 2 nitrogen and oxygen atoms in total. The zero-order valence-electron chi connectivity index (χ0n) is 10.8. The lowest BCUT2D eigenvalue weighted by molar-refractivity contribution is 0.174. The van der Waals surface area contributed by atoms with E-state index in [1.54, 1.807) is 0 Å². The summed E-state index contributed by atoms with van der Waals surface area (Å²) in [6.07, 6.45) is 5.35. The van der Waals surface area contributed by atoms with Crippen molar-refractivity contribution in [3.8, 4) is 0 Å². The van der Waals surface area contributed by atoms with Crippen molar-refractivity contribution in [2.45, 2.75) is 52.5 Å². The minimum absolute atomic E-state index is 0.768. The van der Waals surface area contributed by atoms with Crippen molar-refractivity contribution in [1.82, 2.24) is 10.2 Å². The Morgan fingerprint density at radius 3 is 2.47 bits per heavy atom. The molecule has 90 valence electrons. The van der Waals surface area contributed by atoms with Gasteiger partial charge in [-0.2, -0.15) is 0 Å². The minimum atomic E-state index is 0.768. The second-order valence-corrected chi connectivity index (χ2v) is 4.96. The quantitative estimate of drug-likeness (QED) is 0.665. The molecule has 0 spiro atoms. The summed E-state index contributed by atoms with van der Waals surface area (Å²) in [6.45, 7) is 12.1. The van der Waals surface area contributed by atoms with Crippen LogP contribution in [0, 0.1) is 5.92 Å². The molecule has 0 radical (unpaired) electrons. The van der Waals surface area contributed by atoms with Gasteiger partial charge in [0.15, 0.2) is 0 Å². The number of rotatable bonds is 8. The third-order valence-corrected chi connectivity index (χ3v) is 3.70. The molecule has 0 saturated carbocycles. The van der Waals surface area contributed by atoms with Gasteiger partial charge in [0.25, 0.3) is 0 Å². The zero-order chi connectivity index (χ0) is 11.1. The fourth-order valence-electron chi connectivity index (χ4n) is 2.07. The van der Waals surface area contributed by atoms with E-state index in [-0.39, 0.29) is 0 Å². The van der Waals surface area contributed by atoms with Crippen LogP contribution in [-0.2, 0) is 0 Å². The number of hydrogen-bond donors (Lipinski definition) is 1. The van der Waals surface area contributed by atoms with Crippen molar-refractivity contribution >= 4 is 0 Å². The maximum Gasteiger partial charge on any atom is 0.00643 e. The van der Waals surface area contributed by atoms with Crippen LogP contribution in [-0.4, -0.2) is 37.1 Å². The molecule has 1 N–H and O–H groups in total. The molecule has 0 amide bonds. The number of nitrogens with one attached hydrogen (secondary N) is 1. The Labute approximate surface area is 95.4 Å². The zero-order valence-corrected chi connectivity index (χ0v) is 10.8. The van der Waals surface area contributed by atoms with Crippen LogP contribution in [0.1, 0.15) is 46.5 Å². The van der Waals surface area contributed by atoms with E-state index >= 15 is 0 Å². The van der Waals surface area contributed by atoms with Gasteiger partial charge in [0.05, 0.1) is 0 Å². The fraction of sp³-hybridized carbons (Fsp3) is 1.00. The molecule has 2 heteroatoms. The predicted octanol–water partition coefficient (Wildman–Crippen LogP) is 2.50. The van der Waals surface area contributed by atoms with Gasteiger partial charge in [-0.15, -0.1) is 0 Å². The molecule has 1 aliphatic rings. The SMILES string of the molecule is CCCCN(CCC1CNC1)C(C)CC. The standard InChI is InChI=1S/C13H28N2/c1-4-6-8-15(12(3)5-2)9-7-13-10-14-11-13/h12-14H,4-11H2,1-3H3. The summed E-state index contributed by atoms with van der Waals surface area (Å²) >= 11 is 0. The third kappa shape index (κ3) is 4.52. The summed E-state index contributed by atoms with van der Waals surface area (Å²) in [7, 11) is 0. The molecule has 1 rings (SSSR count). The lowest BCUT2D eigenvalue weighted by Crippen LogP contribution is -2.44. The highest BCUT2D eigenvalue weighted by Crippen LogP contribution is 2.12. The van der Waals surface area contributed by atoms with Crippen LogP contribution >= 0.6 is 0 Å². The smallest absolute Gasteiger partial charge is 0.00643 e. The van der Waals surface area contributed by atoms with Crippen molar-refractivity contribution in [2.24, 2.45) is 5.92 Å². The average molecular weight is 212 g/mol. The van der Waals surface area contributed by atoms with Gasteiger partial charge in [0.2, 0.25) is 0 Å². The van der Waals surface area contributed by atoms with Crippen LogP contribution in [0.4, 0.5) is 0 Å². The summed E-state index contributed by atoms with van der Waals surface area (Å²) in [5.74, 6) is 0.957. The third-order valence-electron chi connectivity index (χ3n) is 3.70. The highest BCUT2D eigenvalue weighted by molar-refractivity contribution is 4.77. The summed E-state index contributed by atoms with van der Waals surface area (Å²) in [4.78, 5) is 2.68. The van der Waals surface area contributed by atoms with Gasteiger partial charge in [-0.1, -0.05) is 20.3 Å². The number of unbranched alkanes of at least 4 members (excludes halogenated alkanes) is 1. The Balaban J connectivity index is 2.20. The lowest BCUT2D eigenvalue weighted by Gasteiger charge is -2.33. The molecule has 0 aromatic heterocycles. The molecule has 1 unspecified atom stereocenters. The van der Waals surface area contributed by atoms with E-state index in [1.807, 2.05) is 0 Å². The Kier molecular flexibility index (Phi) is 6.26. The molecule has 0 aromatic carbocycles. The molecule has 1 heterocycles. The molecular formula is C13H28N2. The fourth-order valence-corrected chi connectivity index (χ4v) is 2.07. The molecule has 1 saturated heterocycles. The maximum absolute atomic E-state index is 3.35. The molecule has 0 bridgehead atoms. The van der Waals surface area contributed by atoms with Gasteiger partial charge in [-0.25, -0.2) is 0 Å². The summed E-state index contributed by atoms with van der Waals surface area (Å²) < 4.78 is 0. The van der Waals surface area contributed by atoms with Crippen molar-refractivity contribution in [1.29, 1.82) is 0 Å². The number of nitrogens with zero attached hydrogens (tertiary/aromatic N) is 1. The van der Waals surface area contributed by atoms with Crippen LogP contribution in [0.25, 0.3) is 0 Å². The van der Waals surface area contributed by atoms with Crippen molar-refractivity contribution in [3.63, 3.8) is 0 Å². The van der Waals surface area contributed by atoms with Gasteiger partial charge in [0, 0.05) is 6.04 Å². The molecule has 15 heavy (non-hydrogen) atoms. The van der Waals surface area contributed by atoms with E-state index in [0.29, 0.717) is 0 Å². The maximum atomic E-state index is 3.35. The van der Waals surface area contributed by atoms with Crippen molar-refractivity contribution in [3.05, 3.63) is 0 Å². The Bertz CT molecular complexity index is 155. The molecule has 1 aliphatic heterocycles. The first-order valence-corrected chi connectivity index (χ1v) is 6.72. The van der Waals surface area contributed by atoms with Gasteiger partial charge >= 0.3 is 0 Å². The first-order valence-electron chi connectivity index (χ1n) is 6.72. The lowest BCUT2D eigenvalue weighted by atomic mass is 9.98. The van der Waals surface area contributed by atoms with E-state index in [9.17, 15) is 0 Å². The van der Waals surface area contributed by atoms with Gasteiger partial charge in [-0.05, 0) is 58.3 Å². The van der Waals surface area contributed by atoms with Crippen molar-refractivity contribution < 1.29 is 0 Å². The van der Waals surface area contributed by atoms with Crippen LogP contribution in [0.2, 0.25) is 0 Å². The van der Waals surface area contributed by atoms with E-state index in [2.05, 4.69) is 31.0 Å². The first-order chi connectivity index (χ1) is 7.27. The van der Waals surface area contributed by atoms with Gasteiger partial charge < -0.3 is 10.2 Å². The van der Waals surface area contributed by atoms with Crippen LogP contribution < -0.4 is 5.32 Å². The molecule has 0 aliphatic carbocycles. The summed E-state index contributed by atoms with van der Waals surface area (Å²) in [5, 5.41) is 3.35. The molecule has 1 fully saturated rings.